The Morgan fingerprint density at radius 3 is 2.50 bits per heavy atom. The number of anilines is 1. The summed E-state index contributed by atoms with van der Waals surface area (Å²) in [5.41, 5.74) is 0.595. The Hall–Kier alpha value is -2.24. The highest BCUT2D eigenvalue weighted by Crippen LogP contribution is 2.21. The van der Waals surface area contributed by atoms with E-state index in [9.17, 15) is 14.9 Å². The third-order valence-electron chi connectivity index (χ3n) is 2.29. The molecular weight excluding hydrogens is 210 g/mol. The van der Waals surface area contributed by atoms with E-state index in [4.69, 9.17) is 0 Å². The Morgan fingerprint density at radius 1 is 1.38 bits per heavy atom. The van der Waals surface area contributed by atoms with Crippen LogP contribution in [0.1, 0.15) is 6.92 Å². The number of hydrogen-bond acceptors (Lipinski definition) is 4. The second kappa shape index (κ2) is 3.73. The van der Waals surface area contributed by atoms with Crippen LogP contribution in [-0.2, 0) is 4.79 Å². The number of amides is 1. The number of hydrogen-bond donors (Lipinski definition) is 0. The monoisotopic (exact) mass is 219 g/mol. The van der Waals surface area contributed by atoms with Crippen molar-refractivity contribution in [2.24, 2.45) is 4.99 Å². The molecule has 0 spiro atoms. The summed E-state index contributed by atoms with van der Waals surface area (Å²) in [6.45, 7) is 1.58. The minimum absolute atomic E-state index is 0.345. The Morgan fingerprint density at radius 2 is 2.00 bits per heavy atom. The van der Waals surface area contributed by atoms with E-state index in [1.807, 2.05) is 6.07 Å². The predicted molar refractivity (Wildman–Crippen MR) is 57.8 cm³/mol. The molecule has 1 atom stereocenters. The van der Waals surface area contributed by atoms with Gasteiger partial charge in [-0.15, -0.1) is 0 Å². The van der Waals surface area contributed by atoms with E-state index >= 15 is 0 Å². The van der Waals surface area contributed by atoms with Crippen molar-refractivity contribution >= 4 is 17.4 Å². The lowest BCUT2D eigenvalue weighted by Gasteiger charge is -2.14. The highest BCUT2D eigenvalue weighted by atomic mass is 16.6. The summed E-state index contributed by atoms with van der Waals surface area (Å²) in [4.78, 5) is 26.6. The first-order valence-electron chi connectivity index (χ1n) is 4.68. The Balaban J connectivity index is 2.36. The van der Waals surface area contributed by atoms with Crippen LogP contribution in [0.3, 0.4) is 0 Å². The van der Waals surface area contributed by atoms with Crippen molar-refractivity contribution in [1.82, 2.24) is 0 Å². The normalized spacial score (nSPS) is 19.8. The number of aliphatic imine (C=N–C) groups is 1. The summed E-state index contributed by atoms with van der Waals surface area (Å²) in [5.74, 6) is -0.272. The van der Waals surface area contributed by atoms with Crippen molar-refractivity contribution in [3.05, 3.63) is 40.4 Å². The third kappa shape index (κ3) is 1.54. The molecule has 82 valence electrons. The molecule has 0 saturated carbocycles. The first kappa shape index (κ1) is 10.3. The Bertz CT molecular complexity index is 469. The van der Waals surface area contributed by atoms with Crippen molar-refractivity contribution in [1.29, 1.82) is 0 Å². The maximum absolute atomic E-state index is 11.7. The fourth-order valence-electron chi connectivity index (χ4n) is 1.59. The molecule has 2 rings (SSSR count). The fourth-order valence-corrected chi connectivity index (χ4v) is 1.59. The van der Waals surface area contributed by atoms with Gasteiger partial charge in [0.2, 0.25) is 0 Å². The van der Waals surface area contributed by atoms with Gasteiger partial charge in [-0.05, 0) is 19.1 Å². The molecule has 6 nitrogen and oxygen atoms in total. The molecule has 0 fully saturated rings. The summed E-state index contributed by atoms with van der Waals surface area (Å²) in [7, 11) is 0. The zero-order chi connectivity index (χ0) is 11.7. The predicted octanol–water partition coefficient (Wildman–Crippen LogP) is 1.05. The van der Waals surface area contributed by atoms with Crippen LogP contribution in [0.4, 0.5) is 5.69 Å². The molecule has 1 heterocycles. The second-order valence-corrected chi connectivity index (χ2v) is 3.34. The van der Waals surface area contributed by atoms with E-state index in [-0.39, 0.29) is 0 Å². The third-order valence-corrected chi connectivity index (χ3v) is 2.29. The van der Waals surface area contributed by atoms with Gasteiger partial charge in [0.15, 0.2) is 0 Å². The minimum Gasteiger partial charge on any atom is -0.263 e. The van der Waals surface area contributed by atoms with E-state index in [0.717, 1.165) is 0 Å². The summed E-state index contributed by atoms with van der Waals surface area (Å²) in [6, 6.07) is 8.74. The zero-order valence-electron chi connectivity index (χ0n) is 8.53. The van der Waals surface area contributed by atoms with Crippen molar-refractivity contribution < 1.29 is 9.72 Å². The number of para-hydroxylation sites is 1. The van der Waals surface area contributed by atoms with Gasteiger partial charge in [-0.25, -0.2) is 0 Å². The number of nitrogens with zero attached hydrogens (tertiary/aromatic N) is 3. The first-order chi connectivity index (χ1) is 7.61. The lowest BCUT2D eigenvalue weighted by molar-refractivity contribution is -0.504. The van der Waals surface area contributed by atoms with E-state index in [2.05, 4.69) is 4.99 Å². The number of nitro groups is 1. The van der Waals surface area contributed by atoms with Crippen LogP contribution in [0.5, 0.6) is 0 Å². The number of carbonyl (C=O) groups is 1. The van der Waals surface area contributed by atoms with Gasteiger partial charge in [0, 0.05) is 0 Å². The number of benzene rings is 1. The number of rotatable bonds is 2. The topological polar surface area (TPSA) is 75.8 Å². The van der Waals surface area contributed by atoms with Crippen LogP contribution in [0, 0.1) is 10.1 Å². The van der Waals surface area contributed by atoms with Gasteiger partial charge in [0.1, 0.15) is 5.84 Å². The quantitative estimate of drug-likeness (QED) is 0.551. The lowest BCUT2D eigenvalue weighted by atomic mass is 10.3. The first-order valence-corrected chi connectivity index (χ1v) is 4.68. The molecule has 1 amide bonds. The minimum atomic E-state index is -1.50. The van der Waals surface area contributed by atoms with E-state index < -0.39 is 17.0 Å². The molecule has 0 N–H and O–H groups in total. The second-order valence-electron chi connectivity index (χ2n) is 3.34. The van der Waals surface area contributed by atoms with Crippen LogP contribution < -0.4 is 4.90 Å². The Labute approximate surface area is 91.4 Å². The molecule has 16 heavy (non-hydrogen) atoms. The summed E-state index contributed by atoms with van der Waals surface area (Å²) < 4.78 is 0. The van der Waals surface area contributed by atoms with E-state index in [1.54, 1.807) is 31.2 Å². The highest BCUT2D eigenvalue weighted by Gasteiger charge is 2.41. The standard InChI is InChI=1S/C10H9N3O3/c1-7-11-9(13(15)16)10(14)12(7)8-5-3-2-4-6-8/h2-6,9H,1H3. The molecule has 0 aromatic heterocycles. The molecule has 1 unspecified atom stereocenters. The van der Waals surface area contributed by atoms with Gasteiger partial charge in [-0.1, -0.05) is 18.2 Å². The maximum Gasteiger partial charge on any atom is 0.384 e. The largest absolute Gasteiger partial charge is 0.384 e. The summed E-state index contributed by atoms with van der Waals surface area (Å²) in [6.07, 6.45) is -1.50. The molecule has 0 radical (unpaired) electrons. The van der Waals surface area contributed by atoms with Gasteiger partial charge in [0.25, 0.3) is 0 Å². The molecule has 1 aromatic carbocycles. The van der Waals surface area contributed by atoms with Gasteiger partial charge >= 0.3 is 12.1 Å². The van der Waals surface area contributed by atoms with Crippen molar-refractivity contribution in [3.63, 3.8) is 0 Å². The maximum atomic E-state index is 11.7. The van der Waals surface area contributed by atoms with Crippen molar-refractivity contribution in [2.45, 2.75) is 13.1 Å². The van der Waals surface area contributed by atoms with Gasteiger partial charge in [0.05, 0.1) is 10.6 Å². The molecule has 0 bridgehead atoms. The molecule has 0 aliphatic carbocycles. The fraction of sp³-hybridized carbons (Fsp3) is 0.200. The Kier molecular flexibility index (Phi) is 2.40. The molecule has 6 heteroatoms. The van der Waals surface area contributed by atoms with Crippen LogP contribution in [0.25, 0.3) is 0 Å². The van der Waals surface area contributed by atoms with E-state index in [0.29, 0.717) is 11.5 Å². The van der Waals surface area contributed by atoms with Gasteiger partial charge < -0.3 is 0 Å². The van der Waals surface area contributed by atoms with Gasteiger partial charge in [-0.3, -0.25) is 19.8 Å². The average molecular weight is 219 g/mol. The number of amidine groups is 1. The van der Waals surface area contributed by atoms with Crippen molar-refractivity contribution in [2.75, 3.05) is 4.90 Å². The summed E-state index contributed by atoms with van der Waals surface area (Å²) in [5, 5.41) is 10.6. The van der Waals surface area contributed by atoms with Crippen LogP contribution in [-0.4, -0.2) is 22.8 Å². The lowest BCUT2D eigenvalue weighted by Crippen LogP contribution is -2.37. The van der Waals surface area contributed by atoms with Crippen LogP contribution in [0.2, 0.25) is 0 Å². The molecule has 1 aliphatic rings. The SMILES string of the molecule is CC1=NC([N+](=O)[O-])C(=O)N1c1ccccc1. The van der Waals surface area contributed by atoms with Crippen LogP contribution in [0.15, 0.2) is 35.3 Å². The molecule has 1 aromatic rings. The average Bonchev–Trinajstić information content (AvgIpc) is 2.56. The smallest absolute Gasteiger partial charge is 0.263 e. The molecule has 0 saturated heterocycles. The molecule has 1 aliphatic heterocycles. The van der Waals surface area contributed by atoms with Gasteiger partial charge in [-0.2, -0.15) is 4.99 Å². The zero-order valence-corrected chi connectivity index (χ0v) is 8.53. The van der Waals surface area contributed by atoms with Crippen molar-refractivity contribution in [3.8, 4) is 0 Å². The highest BCUT2D eigenvalue weighted by molar-refractivity contribution is 6.21. The van der Waals surface area contributed by atoms with E-state index in [1.165, 1.54) is 4.90 Å². The number of carbonyl (C=O) groups excluding carboxylic acids is 1. The molecular formula is C10H9N3O3. The summed E-state index contributed by atoms with van der Waals surface area (Å²) >= 11 is 0. The van der Waals surface area contributed by atoms with Crippen LogP contribution >= 0.6 is 0 Å².